The van der Waals surface area contributed by atoms with E-state index in [1.807, 2.05) is 0 Å². The molecule has 0 spiro atoms. The smallest absolute Gasteiger partial charge is 0.287 e. The molecule has 1 fully saturated rings. The van der Waals surface area contributed by atoms with Gasteiger partial charge in [0.25, 0.3) is 5.56 Å². The van der Waals surface area contributed by atoms with E-state index in [0.717, 1.165) is 25.2 Å². The molecule has 0 radical (unpaired) electrons. The molecule has 0 saturated carbocycles. The van der Waals surface area contributed by atoms with Crippen LogP contribution in [0.5, 0.6) is 0 Å². The molecule has 14 heavy (non-hydrogen) atoms. The Balaban J connectivity index is 2.09. The first-order valence-electron chi connectivity index (χ1n) is 4.80. The molecule has 1 aliphatic heterocycles. The molecule has 1 atom stereocenters. The van der Waals surface area contributed by atoms with Crippen LogP contribution < -0.4 is 16.6 Å². The first kappa shape index (κ1) is 9.21. The lowest BCUT2D eigenvalue weighted by atomic mass is 10.0. The number of nitrogen functional groups attached to an aromatic ring is 1. The van der Waals surface area contributed by atoms with Crippen LogP contribution in [0.1, 0.15) is 12.1 Å². The first-order valence-corrected chi connectivity index (χ1v) is 4.80. The van der Waals surface area contributed by atoms with Gasteiger partial charge in [-0.1, -0.05) is 0 Å². The van der Waals surface area contributed by atoms with Crippen molar-refractivity contribution in [2.75, 3.05) is 18.8 Å². The Labute approximate surface area is 81.7 Å². The van der Waals surface area contributed by atoms with Gasteiger partial charge in [-0.05, 0) is 37.9 Å². The van der Waals surface area contributed by atoms with Crippen molar-refractivity contribution in [2.45, 2.75) is 12.8 Å². The molecule has 1 aromatic heterocycles. The average molecular weight is 194 g/mol. The van der Waals surface area contributed by atoms with Crippen LogP contribution >= 0.6 is 0 Å². The Kier molecular flexibility index (Phi) is 2.49. The van der Waals surface area contributed by atoms with Gasteiger partial charge in [0.1, 0.15) is 5.69 Å². The van der Waals surface area contributed by atoms with Crippen LogP contribution in [-0.4, -0.2) is 23.3 Å². The third-order valence-corrected chi connectivity index (χ3v) is 2.55. The molecule has 1 aromatic rings. The second-order valence-electron chi connectivity index (χ2n) is 3.71. The minimum atomic E-state index is -0.307. The lowest BCUT2D eigenvalue weighted by Crippen LogP contribution is -2.17. The van der Waals surface area contributed by atoms with Crippen LogP contribution in [0.25, 0.3) is 0 Å². The van der Waals surface area contributed by atoms with Crippen LogP contribution in [-0.2, 0) is 6.42 Å². The second-order valence-corrected chi connectivity index (χ2v) is 3.71. The van der Waals surface area contributed by atoms with Gasteiger partial charge in [-0.2, -0.15) is 5.10 Å². The predicted molar refractivity (Wildman–Crippen MR) is 54.0 cm³/mol. The Bertz CT molecular complexity index is 367. The molecule has 5 heteroatoms. The van der Waals surface area contributed by atoms with E-state index in [9.17, 15) is 4.79 Å². The Morgan fingerprint density at radius 1 is 1.64 bits per heavy atom. The van der Waals surface area contributed by atoms with Gasteiger partial charge < -0.3 is 11.1 Å². The summed E-state index contributed by atoms with van der Waals surface area (Å²) in [5.41, 5.74) is 6.31. The van der Waals surface area contributed by atoms with Crippen molar-refractivity contribution in [1.29, 1.82) is 0 Å². The van der Waals surface area contributed by atoms with Crippen LogP contribution in [0.4, 0.5) is 5.69 Å². The van der Waals surface area contributed by atoms with E-state index >= 15 is 0 Å². The number of hydrogen-bond donors (Lipinski definition) is 3. The number of aromatic nitrogens is 2. The van der Waals surface area contributed by atoms with Crippen molar-refractivity contribution in [2.24, 2.45) is 5.92 Å². The number of nitrogens with two attached hydrogens (primary N) is 1. The molecule has 2 rings (SSSR count). The summed E-state index contributed by atoms with van der Waals surface area (Å²) >= 11 is 0. The van der Waals surface area contributed by atoms with E-state index in [4.69, 9.17) is 5.73 Å². The number of anilines is 1. The highest BCUT2D eigenvalue weighted by Gasteiger charge is 2.15. The van der Waals surface area contributed by atoms with Crippen LogP contribution in [0.2, 0.25) is 0 Å². The number of nitrogens with zero attached hydrogens (tertiary/aromatic N) is 1. The highest BCUT2D eigenvalue weighted by molar-refractivity contribution is 5.34. The van der Waals surface area contributed by atoms with E-state index in [1.54, 1.807) is 6.07 Å². The van der Waals surface area contributed by atoms with Crippen LogP contribution in [0.15, 0.2) is 10.9 Å². The minimum Gasteiger partial charge on any atom is -0.394 e. The monoisotopic (exact) mass is 194 g/mol. The maximum atomic E-state index is 11.0. The number of aromatic amines is 1. The van der Waals surface area contributed by atoms with Gasteiger partial charge in [0.15, 0.2) is 0 Å². The van der Waals surface area contributed by atoms with E-state index in [1.165, 1.54) is 6.42 Å². The quantitative estimate of drug-likeness (QED) is 0.593. The van der Waals surface area contributed by atoms with E-state index in [-0.39, 0.29) is 11.2 Å². The molecular formula is C9H14N4O. The SMILES string of the molecule is Nc1cc(CC2CCNC2)n[nH]c1=O. The number of hydrogen-bond acceptors (Lipinski definition) is 4. The standard InChI is InChI=1S/C9H14N4O/c10-8-4-7(12-13-9(8)14)3-6-1-2-11-5-6/h4,6,11H,1-3,5H2,(H2,10,12)(H,13,14). The zero-order chi connectivity index (χ0) is 9.97. The van der Waals surface area contributed by atoms with Gasteiger partial charge in [0.2, 0.25) is 0 Å². The van der Waals surface area contributed by atoms with Crippen molar-refractivity contribution < 1.29 is 0 Å². The minimum absolute atomic E-state index is 0.251. The van der Waals surface area contributed by atoms with E-state index < -0.39 is 0 Å². The molecule has 4 N–H and O–H groups in total. The van der Waals surface area contributed by atoms with Gasteiger partial charge in [-0.3, -0.25) is 4.79 Å². The molecule has 1 unspecified atom stereocenters. The first-order chi connectivity index (χ1) is 6.75. The summed E-state index contributed by atoms with van der Waals surface area (Å²) < 4.78 is 0. The van der Waals surface area contributed by atoms with Gasteiger partial charge in [0, 0.05) is 0 Å². The topological polar surface area (TPSA) is 83.8 Å². The molecule has 76 valence electrons. The Morgan fingerprint density at radius 3 is 3.14 bits per heavy atom. The van der Waals surface area contributed by atoms with E-state index in [2.05, 4.69) is 15.5 Å². The molecular weight excluding hydrogens is 180 g/mol. The van der Waals surface area contributed by atoms with E-state index in [0.29, 0.717) is 5.92 Å². The van der Waals surface area contributed by atoms with Gasteiger partial charge in [-0.25, -0.2) is 5.10 Å². The summed E-state index contributed by atoms with van der Waals surface area (Å²) in [5, 5.41) is 9.64. The van der Waals surface area contributed by atoms with Crippen molar-refractivity contribution >= 4 is 5.69 Å². The number of rotatable bonds is 2. The molecule has 5 nitrogen and oxygen atoms in total. The highest BCUT2D eigenvalue weighted by Crippen LogP contribution is 2.13. The maximum Gasteiger partial charge on any atom is 0.287 e. The molecule has 1 saturated heterocycles. The molecule has 0 aliphatic carbocycles. The molecule has 2 heterocycles. The number of H-pyrrole nitrogens is 1. The summed E-state index contributed by atoms with van der Waals surface area (Å²) in [5.74, 6) is 0.618. The average Bonchev–Trinajstić information content (AvgIpc) is 2.64. The fraction of sp³-hybridized carbons (Fsp3) is 0.556. The van der Waals surface area contributed by atoms with Crippen LogP contribution in [0, 0.1) is 5.92 Å². The zero-order valence-electron chi connectivity index (χ0n) is 7.92. The summed E-state index contributed by atoms with van der Waals surface area (Å²) in [6.45, 7) is 2.10. The molecule has 0 aromatic carbocycles. The Hall–Kier alpha value is -1.36. The van der Waals surface area contributed by atoms with Crippen molar-refractivity contribution in [3.05, 3.63) is 22.1 Å². The van der Waals surface area contributed by atoms with Crippen molar-refractivity contribution in [3.63, 3.8) is 0 Å². The molecule has 0 bridgehead atoms. The normalized spacial score (nSPS) is 21.3. The molecule has 1 aliphatic rings. The summed E-state index contributed by atoms with van der Waals surface area (Å²) in [6.07, 6.45) is 2.05. The van der Waals surface area contributed by atoms with Crippen molar-refractivity contribution in [3.8, 4) is 0 Å². The second kappa shape index (κ2) is 3.79. The fourth-order valence-electron chi connectivity index (χ4n) is 1.75. The third kappa shape index (κ3) is 1.93. The van der Waals surface area contributed by atoms with Gasteiger partial charge in [0.05, 0.1) is 5.69 Å². The highest BCUT2D eigenvalue weighted by atomic mass is 16.1. The number of nitrogens with one attached hydrogen (secondary N) is 2. The fourth-order valence-corrected chi connectivity index (χ4v) is 1.75. The summed E-state index contributed by atoms with van der Waals surface area (Å²) in [4.78, 5) is 11.0. The van der Waals surface area contributed by atoms with Gasteiger partial charge in [-0.15, -0.1) is 0 Å². The Morgan fingerprint density at radius 2 is 2.50 bits per heavy atom. The predicted octanol–water partition coefficient (Wildman–Crippen LogP) is -0.496. The van der Waals surface area contributed by atoms with Gasteiger partial charge >= 0.3 is 0 Å². The lowest BCUT2D eigenvalue weighted by molar-refractivity contribution is 0.567. The lowest BCUT2D eigenvalue weighted by Gasteiger charge is -2.06. The maximum absolute atomic E-state index is 11.0. The molecule has 0 amide bonds. The summed E-state index contributed by atoms with van der Waals surface area (Å²) in [7, 11) is 0. The third-order valence-electron chi connectivity index (χ3n) is 2.55. The zero-order valence-corrected chi connectivity index (χ0v) is 7.92. The van der Waals surface area contributed by atoms with Crippen molar-refractivity contribution in [1.82, 2.24) is 15.5 Å². The van der Waals surface area contributed by atoms with Crippen LogP contribution in [0.3, 0.4) is 0 Å². The summed E-state index contributed by atoms with van der Waals surface area (Å²) in [6, 6.07) is 1.66. The largest absolute Gasteiger partial charge is 0.394 e.